The first-order valence-corrected chi connectivity index (χ1v) is 12.2. The lowest BCUT2D eigenvalue weighted by molar-refractivity contribution is -0.117. The molecule has 7 nitrogen and oxygen atoms in total. The molecule has 0 bridgehead atoms. The third-order valence-electron chi connectivity index (χ3n) is 6.20. The van der Waals surface area contributed by atoms with Crippen molar-refractivity contribution in [2.45, 2.75) is 65.2 Å². The molecule has 2 aliphatic rings. The van der Waals surface area contributed by atoms with E-state index in [9.17, 15) is 4.79 Å². The highest BCUT2D eigenvalue weighted by Gasteiger charge is 2.18. The standard InChI is InChI=1S/C24H43N5O2/c1-4-9-22(25-3)23(20(2)24(30)27-18-21-10-6-5-7-11-21)28-19-26-12-8-13-29-14-16-31-17-15-29/h19,21H,4-18H2,1-3H3,(H,26,28)(H,27,30)/b23-20-,25-22?. The van der Waals surface area contributed by atoms with Gasteiger partial charge in [0.1, 0.15) is 0 Å². The number of morpholine rings is 1. The van der Waals surface area contributed by atoms with Crippen LogP contribution in [0.2, 0.25) is 0 Å². The van der Waals surface area contributed by atoms with E-state index in [-0.39, 0.29) is 5.91 Å². The Morgan fingerprint density at radius 3 is 2.61 bits per heavy atom. The Morgan fingerprint density at radius 1 is 1.19 bits per heavy atom. The van der Waals surface area contributed by atoms with Gasteiger partial charge in [-0.05, 0) is 38.5 Å². The van der Waals surface area contributed by atoms with Crippen LogP contribution in [0.5, 0.6) is 0 Å². The number of hydrogen-bond donors (Lipinski definition) is 2. The molecule has 1 saturated heterocycles. The Hall–Kier alpha value is -1.73. The molecule has 1 saturated carbocycles. The number of hydrogen-bond acceptors (Lipinski definition) is 5. The topological polar surface area (TPSA) is 78.3 Å². The fourth-order valence-corrected chi connectivity index (χ4v) is 4.25. The van der Waals surface area contributed by atoms with Gasteiger partial charge in [-0.3, -0.25) is 19.7 Å². The molecule has 0 aromatic rings. The highest BCUT2D eigenvalue weighted by atomic mass is 16.5. The predicted octanol–water partition coefficient (Wildman–Crippen LogP) is 3.17. The lowest BCUT2D eigenvalue weighted by Gasteiger charge is -2.26. The normalized spacial score (nSPS) is 20.0. The van der Waals surface area contributed by atoms with E-state index in [4.69, 9.17) is 4.74 Å². The third kappa shape index (κ3) is 9.52. The summed E-state index contributed by atoms with van der Waals surface area (Å²) < 4.78 is 5.39. The number of nitrogens with one attached hydrogen (secondary N) is 2. The van der Waals surface area contributed by atoms with Crippen LogP contribution in [0.3, 0.4) is 0 Å². The fraction of sp³-hybridized carbons (Fsp3) is 0.792. The first kappa shape index (κ1) is 25.5. The molecule has 1 aliphatic heterocycles. The SMILES string of the molecule is CCCC(=NC)/C(NC=NCCCN1CCOCC1)=C(\C)C(=O)NCC1CCCCC1. The van der Waals surface area contributed by atoms with Crippen molar-refractivity contribution in [2.24, 2.45) is 15.9 Å². The summed E-state index contributed by atoms with van der Waals surface area (Å²) in [6.07, 6.45) is 10.9. The van der Waals surface area contributed by atoms with E-state index in [0.717, 1.165) is 76.6 Å². The number of nitrogens with zero attached hydrogens (tertiary/aromatic N) is 3. The summed E-state index contributed by atoms with van der Waals surface area (Å²) in [6.45, 7) is 10.3. The van der Waals surface area contributed by atoms with Gasteiger partial charge in [-0.1, -0.05) is 32.6 Å². The van der Waals surface area contributed by atoms with Crippen molar-refractivity contribution >= 4 is 18.0 Å². The quantitative estimate of drug-likeness (QED) is 0.214. The molecule has 31 heavy (non-hydrogen) atoms. The Kier molecular flexibility index (Phi) is 12.5. The minimum Gasteiger partial charge on any atom is -0.379 e. The van der Waals surface area contributed by atoms with Crippen LogP contribution in [0.1, 0.15) is 65.2 Å². The molecule has 1 aliphatic carbocycles. The zero-order chi connectivity index (χ0) is 22.3. The largest absolute Gasteiger partial charge is 0.379 e. The fourth-order valence-electron chi connectivity index (χ4n) is 4.25. The zero-order valence-electron chi connectivity index (χ0n) is 19.9. The van der Waals surface area contributed by atoms with Crippen LogP contribution in [-0.2, 0) is 9.53 Å². The summed E-state index contributed by atoms with van der Waals surface area (Å²) in [6, 6.07) is 0. The molecular weight excluding hydrogens is 390 g/mol. The van der Waals surface area contributed by atoms with Crippen LogP contribution in [0.15, 0.2) is 21.3 Å². The van der Waals surface area contributed by atoms with Crippen molar-refractivity contribution in [2.75, 3.05) is 53.0 Å². The molecule has 0 aromatic heterocycles. The highest BCUT2D eigenvalue weighted by Crippen LogP contribution is 2.22. The van der Waals surface area contributed by atoms with Gasteiger partial charge in [0.2, 0.25) is 5.91 Å². The van der Waals surface area contributed by atoms with Gasteiger partial charge in [-0.15, -0.1) is 0 Å². The van der Waals surface area contributed by atoms with Crippen molar-refractivity contribution in [1.29, 1.82) is 0 Å². The maximum Gasteiger partial charge on any atom is 0.249 e. The van der Waals surface area contributed by atoms with Crippen molar-refractivity contribution in [1.82, 2.24) is 15.5 Å². The maximum absolute atomic E-state index is 12.8. The minimum absolute atomic E-state index is 0.00829. The second-order valence-electron chi connectivity index (χ2n) is 8.62. The van der Waals surface area contributed by atoms with Gasteiger partial charge in [-0.2, -0.15) is 0 Å². The second kappa shape index (κ2) is 15.1. The van der Waals surface area contributed by atoms with Crippen LogP contribution in [-0.4, -0.2) is 75.8 Å². The van der Waals surface area contributed by atoms with Gasteiger partial charge in [0.15, 0.2) is 0 Å². The maximum atomic E-state index is 12.8. The van der Waals surface area contributed by atoms with Crippen LogP contribution in [0, 0.1) is 5.92 Å². The lowest BCUT2D eigenvalue weighted by atomic mass is 9.89. The molecule has 1 heterocycles. The van der Waals surface area contributed by atoms with E-state index in [1.54, 1.807) is 13.4 Å². The van der Waals surface area contributed by atoms with E-state index in [1.165, 1.54) is 32.1 Å². The van der Waals surface area contributed by atoms with Crippen LogP contribution in [0.25, 0.3) is 0 Å². The summed E-state index contributed by atoms with van der Waals surface area (Å²) in [5.74, 6) is 0.607. The number of allylic oxidation sites excluding steroid dienone is 1. The zero-order valence-corrected chi connectivity index (χ0v) is 19.9. The Bertz CT molecular complexity index is 617. The molecular formula is C24H43N5O2. The van der Waals surface area contributed by atoms with Gasteiger partial charge in [0, 0.05) is 45.3 Å². The summed E-state index contributed by atoms with van der Waals surface area (Å²) in [5, 5.41) is 6.42. The van der Waals surface area contributed by atoms with Crippen LogP contribution < -0.4 is 10.6 Å². The third-order valence-corrected chi connectivity index (χ3v) is 6.20. The lowest BCUT2D eigenvalue weighted by Crippen LogP contribution is -2.37. The Morgan fingerprint density at radius 2 is 1.94 bits per heavy atom. The van der Waals surface area contributed by atoms with Crippen LogP contribution >= 0.6 is 0 Å². The summed E-state index contributed by atoms with van der Waals surface area (Å²) in [4.78, 5) is 24.2. The number of rotatable bonds is 12. The van der Waals surface area contributed by atoms with E-state index in [1.807, 2.05) is 6.92 Å². The van der Waals surface area contributed by atoms with Crippen molar-refractivity contribution in [3.05, 3.63) is 11.3 Å². The highest BCUT2D eigenvalue weighted by molar-refractivity contribution is 6.08. The van der Waals surface area contributed by atoms with E-state index in [2.05, 4.69) is 32.4 Å². The molecule has 0 unspecified atom stereocenters. The monoisotopic (exact) mass is 433 g/mol. The molecule has 0 atom stereocenters. The van der Waals surface area contributed by atoms with Gasteiger partial charge in [-0.25, -0.2) is 0 Å². The first-order valence-electron chi connectivity index (χ1n) is 12.2. The molecule has 0 spiro atoms. The van der Waals surface area contributed by atoms with Crippen molar-refractivity contribution in [3.8, 4) is 0 Å². The summed E-state index contributed by atoms with van der Waals surface area (Å²) >= 11 is 0. The number of carbonyl (C=O) groups excluding carboxylic acids is 1. The predicted molar refractivity (Wildman–Crippen MR) is 129 cm³/mol. The average Bonchev–Trinajstić information content (AvgIpc) is 2.82. The van der Waals surface area contributed by atoms with Gasteiger partial charge in [0.05, 0.1) is 31.0 Å². The van der Waals surface area contributed by atoms with Gasteiger partial charge in [0.25, 0.3) is 0 Å². The first-order chi connectivity index (χ1) is 15.2. The Labute approximate surface area is 188 Å². The summed E-state index contributed by atoms with van der Waals surface area (Å²) in [5.41, 5.74) is 2.40. The number of ether oxygens (including phenoxy) is 1. The van der Waals surface area contributed by atoms with E-state index >= 15 is 0 Å². The van der Waals surface area contributed by atoms with Gasteiger partial charge < -0.3 is 15.4 Å². The van der Waals surface area contributed by atoms with E-state index < -0.39 is 0 Å². The molecule has 2 rings (SSSR count). The average molecular weight is 434 g/mol. The van der Waals surface area contributed by atoms with Crippen LogP contribution in [0.4, 0.5) is 0 Å². The molecule has 176 valence electrons. The van der Waals surface area contributed by atoms with Gasteiger partial charge >= 0.3 is 0 Å². The molecule has 0 radical (unpaired) electrons. The number of carbonyl (C=O) groups is 1. The molecule has 7 heteroatoms. The smallest absolute Gasteiger partial charge is 0.249 e. The molecule has 1 amide bonds. The number of amides is 1. The number of aliphatic imine (C=N–C) groups is 2. The van der Waals surface area contributed by atoms with E-state index in [0.29, 0.717) is 11.5 Å². The molecule has 2 N–H and O–H groups in total. The van der Waals surface area contributed by atoms with Crippen molar-refractivity contribution in [3.63, 3.8) is 0 Å². The molecule has 0 aromatic carbocycles. The summed E-state index contributed by atoms with van der Waals surface area (Å²) in [7, 11) is 1.79. The Balaban J connectivity index is 1.88. The minimum atomic E-state index is -0.00829. The molecule has 2 fully saturated rings. The second-order valence-corrected chi connectivity index (χ2v) is 8.62. The van der Waals surface area contributed by atoms with Crippen molar-refractivity contribution < 1.29 is 9.53 Å².